The molecular weight excluding hydrogens is 344 g/mol. The second-order valence-corrected chi connectivity index (χ2v) is 6.44. The molecule has 0 aliphatic carbocycles. The lowest BCUT2D eigenvalue weighted by Crippen LogP contribution is -1.95. The maximum absolute atomic E-state index is 9.83. The Morgan fingerprint density at radius 1 is 1.17 bits per heavy atom. The summed E-state index contributed by atoms with van der Waals surface area (Å²) in [5, 5.41) is 9.83. The predicted molar refractivity (Wildman–Crippen MR) is 104 cm³/mol. The van der Waals surface area contributed by atoms with E-state index in [1.165, 1.54) is 23.5 Å². The smallest absolute Gasteiger partial charge is 0.254 e. The number of benzene rings is 2. The Morgan fingerprint density at radius 2 is 1.83 bits per heavy atom. The zero-order valence-electron chi connectivity index (χ0n) is 13.5. The molecule has 7 heteroatoms. The lowest BCUT2D eigenvalue weighted by molar-refractivity contribution is -0.402. The molecule has 5 nitrogen and oxygen atoms in total. The zero-order chi connectivity index (χ0) is 17.8. The SMILES string of the molecule is CSC(=C[N+](=O)[O-])SC.Nc1cccc(OCc2ccccc2)c1. The van der Waals surface area contributed by atoms with E-state index in [4.69, 9.17) is 10.5 Å². The molecule has 2 rings (SSSR count). The third kappa shape index (κ3) is 8.50. The summed E-state index contributed by atoms with van der Waals surface area (Å²) in [6, 6.07) is 17.5. The molecule has 0 bridgehead atoms. The van der Waals surface area contributed by atoms with Crippen molar-refractivity contribution in [1.82, 2.24) is 0 Å². The molecule has 0 heterocycles. The van der Waals surface area contributed by atoms with Crippen molar-refractivity contribution in [2.75, 3.05) is 18.2 Å². The van der Waals surface area contributed by atoms with Crippen molar-refractivity contribution < 1.29 is 9.66 Å². The molecule has 128 valence electrons. The third-order valence-corrected chi connectivity index (χ3v) is 4.74. The van der Waals surface area contributed by atoms with Crippen molar-refractivity contribution in [3.63, 3.8) is 0 Å². The lowest BCUT2D eigenvalue weighted by atomic mass is 10.2. The van der Waals surface area contributed by atoms with Gasteiger partial charge >= 0.3 is 0 Å². The summed E-state index contributed by atoms with van der Waals surface area (Å²) < 4.78 is 6.32. The van der Waals surface area contributed by atoms with E-state index in [1.54, 1.807) is 0 Å². The minimum absolute atomic E-state index is 0.442. The normalized spacial score (nSPS) is 9.42. The molecule has 0 radical (unpaired) electrons. The summed E-state index contributed by atoms with van der Waals surface area (Å²) in [7, 11) is 0. The first kappa shape index (κ1) is 19.9. The van der Waals surface area contributed by atoms with E-state index in [-0.39, 0.29) is 0 Å². The van der Waals surface area contributed by atoms with Crippen LogP contribution in [0.25, 0.3) is 0 Å². The Kier molecular flexibility index (Phi) is 9.48. The number of anilines is 1. The second kappa shape index (κ2) is 11.4. The Balaban J connectivity index is 0.000000277. The number of thioether (sulfide) groups is 2. The molecule has 0 aliphatic rings. The van der Waals surface area contributed by atoms with Gasteiger partial charge in [-0.05, 0) is 30.2 Å². The fourth-order valence-corrected chi connectivity index (χ4v) is 2.67. The molecule has 0 fully saturated rings. The molecule has 2 aromatic carbocycles. The highest BCUT2D eigenvalue weighted by Crippen LogP contribution is 2.22. The first-order valence-electron chi connectivity index (χ1n) is 7.00. The van der Waals surface area contributed by atoms with Crippen LogP contribution in [0.3, 0.4) is 0 Å². The van der Waals surface area contributed by atoms with E-state index in [0.29, 0.717) is 6.61 Å². The van der Waals surface area contributed by atoms with Crippen LogP contribution in [0.15, 0.2) is 65.0 Å². The number of nitro groups is 1. The van der Waals surface area contributed by atoms with Crippen LogP contribution in [0.5, 0.6) is 5.75 Å². The van der Waals surface area contributed by atoms with E-state index in [0.717, 1.165) is 27.4 Å². The van der Waals surface area contributed by atoms with Crippen LogP contribution in [0.1, 0.15) is 5.56 Å². The van der Waals surface area contributed by atoms with Crippen molar-refractivity contribution >= 4 is 29.2 Å². The average Bonchev–Trinajstić information content (AvgIpc) is 2.59. The second-order valence-electron chi connectivity index (χ2n) is 4.49. The highest BCUT2D eigenvalue weighted by Gasteiger charge is 1.96. The van der Waals surface area contributed by atoms with E-state index in [1.807, 2.05) is 67.1 Å². The Labute approximate surface area is 150 Å². The predicted octanol–water partition coefficient (Wildman–Crippen LogP) is 4.64. The zero-order valence-corrected chi connectivity index (χ0v) is 15.2. The standard InChI is InChI=1S/C13H13NO.C4H7NO2S2/c14-12-7-4-8-13(9-12)15-10-11-5-2-1-3-6-11;1-8-4(9-2)3-5(6)7/h1-9H,10,14H2;3H,1-2H3. The number of hydrogen-bond acceptors (Lipinski definition) is 6. The van der Waals surface area contributed by atoms with Gasteiger partial charge in [0.15, 0.2) is 0 Å². The molecule has 0 saturated heterocycles. The number of rotatable bonds is 6. The first-order valence-corrected chi connectivity index (χ1v) is 9.45. The van der Waals surface area contributed by atoms with Crippen LogP contribution in [-0.4, -0.2) is 17.4 Å². The van der Waals surface area contributed by atoms with Gasteiger partial charge < -0.3 is 10.5 Å². The van der Waals surface area contributed by atoms with E-state index in [9.17, 15) is 10.1 Å². The van der Waals surface area contributed by atoms with Gasteiger partial charge in [-0.1, -0.05) is 36.4 Å². The third-order valence-electron chi connectivity index (χ3n) is 2.72. The maximum Gasteiger partial charge on any atom is 0.254 e. The summed E-state index contributed by atoms with van der Waals surface area (Å²) >= 11 is 2.76. The average molecular weight is 364 g/mol. The molecule has 0 unspecified atom stereocenters. The van der Waals surface area contributed by atoms with Crippen molar-refractivity contribution in [2.45, 2.75) is 6.61 Å². The van der Waals surface area contributed by atoms with E-state index < -0.39 is 4.92 Å². The molecule has 0 atom stereocenters. The highest BCUT2D eigenvalue weighted by atomic mass is 32.2. The van der Waals surface area contributed by atoms with Crippen molar-refractivity contribution in [1.29, 1.82) is 0 Å². The number of nitrogens with two attached hydrogens (primary N) is 1. The van der Waals surface area contributed by atoms with Crippen molar-refractivity contribution in [3.05, 3.63) is 80.7 Å². The largest absolute Gasteiger partial charge is 0.489 e. The molecular formula is C17H20N2O3S2. The summed E-state index contributed by atoms with van der Waals surface area (Å²) in [4.78, 5) is 9.39. The van der Waals surface area contributed by atoms with Crippen molar-refractivity contribution in [2.24, 2.45) is 0 Å². The summed E-state index contributed by atoms with van der Waals surface area (Å²) in [6.45, 7) is 0.574. The minimum atomic E-state index is -0.442. The van der Waals surface area contributed by atoms with Gasteiger partial charge in [-0.3, -0.25) is 10.1 Å². The van der Waals surface area contributed by atoms with E-state index in [2.05, 4.69) is 0 Å². The van der Waals surface area contributed by atoms with Gasteiger partial charge in [0.1, 0.15) is 16.6 Å². The van der Waals surface area contributed by atoms with Crippen LogP contribution >= 0.6 is 23.5 Å². The van der Waals surface area contributed by atoms with Crippen LogP contribution in [0, 0.1) is 10.1 Å². The van der Waals surface area contributed by atoms with Crippen molar-refractivity contribution in [3.8, 4) is 5.75 Å². The summed E-state index contributed by atoms with van der Waals surface area (Å²) in [5.41, 5.74) is 7.52. The highest BCUT2D eigenvalue weighted by molar-refractivity contribution is 8.21. The number of nitrogens with zero attached hydrogens (tertiary/aromatic N) is 1. The van der Waals surface area contributed by atoms with Gasteiger partial charge in [0, 0.05) is 11.8 Å². The number of hydrogen-bond donors (Lipinski definition) is 1. The topological polar surface area (TPSA) is 78.4 Å². The Bertz CT molecular complexity index is 658. The lowest BCUT2D eigenvalue weighted by Gasteiger charge is -2.06. The molecule has 2 aromatic rings. The fourth-order valence-electron chi connectivity index (χ4n) is 1.62. The Hall–Kier alpha value is -2.12. The Morgan fingerprint density at radius 3 is 2.33 bits per heavy atom. The molecule has 0 saturated carbocycles. The molecule has 0 amide bonds. The number of nitrogen functional groups attached to an aromatic ring is 1. The van der Waals surface area contributed by atoms with Crippen LogP contribution in [0.2, 0.25) is 0 Å². The quantitative estimate of drug-likeness (QED) is 0.457. The van der Waals surface area contributed by atoms with Gasteiger partial charge in [0.25, 0.3) is 6.20 Å². The molecule has 0 spiro atoms. The number of ether oxygens (including phenoxy) is 1. The van der Waals surface area contributed by atoms with Gasteiger partial charge in [-0.15, -0.1) is 23.5 Å². The minimum Gasteiger partial charge on any atom is -0.489 e. The van der Waals surface area contributed by atoms with Crippen LogP contribution in [0.4, 0.5) is 5.69 Å². The summed E-state index contributed by atoms with van der Waals surface area (Å²) in [6.07, 6.45) is 4.63. The van der Waals surface area contributed by atoms with Gasteiger partial charge in [0.2, 0.25) is 0 Å². The summed E-state index contributed by atoms with van der Waals surface area (Å²) in [5.74, 6) is 0.804. The molecule has 24 heavy (non-hydrogen) atoms. The van der Waals surface area contributed by atoms with Crippen LogP contribution in [-0.2, 0) is 6.61 Å². The molecule has 0 aromatic heterocycles. The monoisotopic (exact) mass is 364 g/mol. The van der Waals surface area contributed by atoms with Gasteiger partial charge in [-0.25, -0.2) is 0 Å². The fraction of sp³-hybridized carbons (Fsp3) is 0.176. The first-order chi connectivity index (χ1) is 11.5. The maximum atomic E-state index is 9.83. The van der Waals surface area contributed by atoms with E-state index >= 15 is 0 Å². The molecule has 0 aliphatic heterocycles. The van der Waals surface area contributed by atoms with Crippen LogP contribution < -0.4 is 10.5 Å². The van der Waals surface area contributed by atoms with Gasteiger partial charge in [0.05, 0.1) is 4.92 Å². The van der Waals surface area contributed by atoms with Gasteiger partial charge in [-0.2, -0.15) is 0 Å². The molecule has 2 N–H and O–H groups in total.